The molecule has 7 nitrogen and oxygen atoms in total. The Kier molecular flexibility index (Phi) is 3.34. The lowest BCUT2D eigenvalue weighted by Gasteiger charge is -2.20. The molecule has 1 aromatic heterocycles. The third kappa shape index (κ3) is 2.36. The Morgan fingerprint density at radius 2 is 2.05 bits per heavy atom. The van der Waals surface area contributed by atoms with Crippen LogP contribution >= 0.6 is 11.6 Å². The van der Waals surface area contributed by atoms with Crippen molar-refractivity contribution in [1.29, 1.82) is 0 Å². The van der Waals surface area contributed by atoms with Crippen molar-refractivity contribution in [2.75, 3.05) is 11.9 Å². The van der Waals surface area contributed by atoms with Crippen molar-refractivity contribution in [3.63, 3.8) is 0 Å². The molecule has 0 spiro atoms. The van der Waals surface area contributed by atoms with E-state index in [1.54, 1.807) is 31.2 Å². The monoisotopic (exact) mass is 306 g/mol. The Bertz CT molecular complexity index is 711. The topological polar surface area (TPSA) is 86.1 Å². The maximum absolute atomic E-state index is 12.4. The average Bonchev–Trinajstić information content (AvgIpc) is 2.84. The van der Waals surface area contributed by atoms with Crippen molar-refractivity contribution < 1.29 is 14.3 Å². The Hall–Kier alpha value is -2.41. The quantitative estimate of drug-likeness (QED) is 0.872. The molecule has 1 aliphatic rings. The summed E-state index contributed by atoms with van der Waals surface area (Å²) in [6, 6.07) is 6.57. The molecule has 0 saturated heterocycles. The van der Waals surface area contributed by atoms with Gasteiger partial charge in [-0.05, 0) is 24.6 Å². The molecule has 8 heteroatoms. The predicted molar refractivity (Wildman–Crippen MR) is 74.6 cm³/mol. The van der Waals surface area contributed by atoms with E-state index >= 15 is 0 Å². The van der Waals surface area contributed by atoms with Crippen molar-refractivity contribution in [1.82, 2.24) is 14.8 Å². The molecule has 1 atom stereocenters. The molecule has 0 saturated carbocycles. The fraction of sp³-hybridized carbons (Fsp3) is 0.231. The van der Waals surface area contributed by atoms with Crippen molar-refractivity contribution >= 4 is 29.4 Å². The lowest BCUT2D eigenvalue weighted by molar-refractivity contribution is -0.117. The van der Waals surface area contributed by atoms with Gasteiger partial charge in [0.15, 0.2) is 0 Å². The van der Waals surface area contributed by atoms with Crippen LogP contribution in [0.25, 0.3) is 0 Å². The SMILES string of the molecule is CCOc1nc2n(n1)C(=O)C(c1ccc(Cl)cc1)C(=O)N2. The minimum absolute atomic E-state index is 0.0536. The number of nitrogens with one attached hydrogen (secondary N) is 1. The number of hydrogen-bond donors (Lipinski definition) is 1. The second kappa shape index (κ2) is 5.17. The molecule has 0 fully saturated rings. The van der Waals surface area contributed by atoms with E-state index in [0.29, 0.717) is 17.2 Å². The van der Waals surface area contributed by atoms with Crippen LogP contribution in [0, 0.1) is 0 Å². The largest absolute Gasteiger partial charge is 0.463 e. The van der Waals surface area contributed by atoms with E-state index in [9.17, 15) is 9.59 Å². The zero-order valence-electron chi connectivity index (χ0n) is 11.0. The summed E-state index contributed by atoms with van der Waals surface area (Å²) in [5.41, 5.74) is 0.543. The number of hydrogen-bond acceptors (Lipinski definition) is 5. The van der Waals surface area contributed by atoms with Gasteiger partial charge >= 0.3 is 6.01 Å². The van der Waals surface area contributed by atoms with Crippen LogP contribution in [0.5, 0.6) is 6.01 Å². The van der Waals surface area contributed by atoms with Crippen LogP contribution in [0.2, 0.25) is 5.02 Å². The molecule has 21 heavy (non-hydrogen) atoms. The standard InChI is InChI=1S/C13H11ClN4O3/c1-2-21-13-16-12-15-10(19)9(11(20)18(12)17-13)7-3-5-8(14)6-4-7/h3-6,9H,2H2,1H3,(H,15,16,17,19). The van der Waals surface area contributed by atoms with Crippen molar-refractivity contribution in [3.8, 4) is 6.01 Å². The van der Waals surface area contributed by atoms with Gasteiger partial charge in [0.2, 0.25) is 11.9 Å². The Morgan fingerprint density at radius 1 is 1.33 bits per heavy atom. The van der Waals surface area contributed by atoms with Gasteiger partial charge in [-0.3, -0.25) is 14.9 Å². The zero-order valence-corrected chi connectivity index (χ0v) is 11.8. The maximum Gasteiger partial charge on any atom is 0.337 e. The molecular formula is C13H11ClN4O3. The van der Waals surface area contributed by atoms with E-state index < -0.39 is 17.7 Å². The number of nitrogens with zero attached hydrogens (tertiary/aromatic N) is 3. The molecule has 2 heterocycles. The third-order valence-electron chi connectivity index (χ3n) is 3.02. The number of ether oxygens (including phenoxy) is 1. The molecule has 1 unspecified atom stereocenters. The van der Waals surface area contributed by atoms with Gasteiger partial charge in [0.25, 0.3) is 5.91 Å². The normalized spacial score (nSPS) is 17.3. The van der Waals surface area contributed by atoms with Gasteiger partial charge in [0.1, 0.15) is 5.92 Å². The van der Waals surface area contributed by atoms with Crippen LogP contribution in [-0.4, -0.2) is 33.2 Å². The number of benzene rings is 1. The first-order valence-corrected chi connectivity index (χ1v) is 6.68. The maximum atomic E-state index is 12.4. The van der Waals surface area contributed by atoms with Gasteiger partial charge in [-0.25, -0.2) is 0 Å². The number of amides is 1. The van der Waals surface area contributed by atoms with E-state index in [-0.39, 0.29) is 12.0 Å². The first kappa shape index (κ1) is 13.6. The number of aromatic nitrogens is 3. The summed E-state index contributed by atoms with van der Waals surface area (Å²) in [5, 5.41) is 7.02. The second-order valence-electron chi connectivity index (χ2n) is 4.37. The van der Waals surface area contributed by atoms with Crippen LogP contribution in [0.1, 0.15) is 23.2 Å². The molecule has 1 aliphatic heterocycles. The third-order valence-corrected chi connectivity index (χ3v) is 3.27. The highest BCUT2D eigenvalue weighted by atomic mass is 35.5. The van der Waals surface area contributed by atoms with Gasteiger partial charge in [0.05, 0.1) is 6.61 Å². The first-order chi connectivity index (χ1) is 10.1. The molecule has 0 radical (unpaired) electrons. The number of halogens is 1. The lowest BCUT2D eigenvalue weighted by Crippen LogP contribution is -2.38. The highest BCUT2D eigenvalue weighted by Gasteiger charge is 2.38. The lowest BCUT2D eigenvalue weighted by atomic mass is 9.96. The predicted octanol–water partition coefficient (Wildman–Crippen LogP) is 1.71. The van der Waals surface area contributed by atoms with Crippen LogP contribution in [0.4, 0.5) is 5.95 Å². The molecule has 0 bridgehead atoms. The number of carbonyl (C=O) groups is 2. The molecule has 1 amide bonds. The van der Waals surface area contributed by atoms with Gasteiger partial charge in [-0.1, -0.05) is 23.7 Å². The van der Waals surface area contributed by atoms with Gasteiger partial charge in [0, 0.05) is 5.02 Å². The molecular weight excluding hydrogens is 296 g/mol. The van der Waals surface area contributed by atoms with Gasteiger partial charge in [-0.15, -0.1) is 5.10 Å². The van der Waals surface area contributed by atoms with Crippen molar-refractivity contribution in [2.45, 2.75) is 12.8 Å². The molecule has 3 rings (SSSR count). The van der Waals surface area contributed by atoms with Crippen LogP contribution in [-0.2, 0) is 4.79 Å². The Balaban J connectivity index is 1.98. The van der Waals surface area contributed by atoms with Gasteiger partial charge in [-0.2, -0.15) is 9.67 Å². The highest BCUT2D eigenvalue weighted by Crippen LogP contribution is 2.27. The van der Waals surface area contributed by atoms with Crippen LogP contribution in [0.15, 0.2) is 24.3 Å². The summed E-state index contributed by atoms with van der Waals surface area (Å²) in [4.78, 5) is 28.5. The average molecular weight is 307 g/mol. The number of anilines is 1. The fourth-order valence-electron chi connectivity index (χ4n) is 2.08. The van der Waals surface area contributed by atoms with Crippen LogP contribution < -0.4 is 10.1 Å². The summed E-state index contributed by atoms with van der Waals surface area (Å²) in [6.45, 7) is 2.14. The van der Waals surface area contributed by atoms with E-state index in [1.807, 2.05) is 0 Å². The van der Waals surface area contributed by atoms with Gasteiger partial charge < -0.3 is 4.74 Å². The zero-order chi connectivity index (χ0) is 15.0. The van der Waals surface area contributed by atoms with Crippen molar-refractivity contribution in [3.05, 3.63) is 34.9 Å². The summed E-state index contributed by atoms with van der Waals surface area (Å²) in [7, 11) is 0. The van der Waals surface area contributed by atoms with Crippen molar-refractivity contribution in [2.24, 2.45) is 0 Å². The molecule has 2 aromatic rings. The second-order valence-corrected chi connectivity index (χ2v) is 4.81. The summed E-state index contributed by atoms with van der Waals surface area (Å²) in [5.74, 6) is -1.84. The Labute approximate surface area is 124 Å². The number of rotatable bonds is 3. The molecule has 108 valence electrons. The number of fused-ring (bicyclic) bond motifs is 1. The van der Waals surface area contributed by atoms with E-state index in [4.69, 9.17) is 16.3 Å². The van der Waals surface area contributed by atoms with E-state index in [2.05, 4.69) is 15.4 Å². The van der Waals surface area contributed by atoms with Crippen LogP contribution in [0.3, 0.4) is 0 Å². The van der Waals surface area contributed by atoms with E-state index in [1.165, 1.54) is 0 Å². The minimum atomic E-state index is -0.981. The molecule has 0 aliphatic carbocycles. The highest BCUT2D eigenvalue weighted by molar-refractivity contribution is 6.30. The molecule has 1 aromatic carbocycles. The first-order valence-electron chi connectivity index (χ1n) is 6.30. The molecule has 1 N–H and O–H groups in total. The summed E-state index contributed by atoms with van der Waals surface area (Å²) < 4.78 is 6.18. The smallest absolute Gasteiger partial charge is 0.337 e. The fourth-order valence-corrected chi connectivity index (χ4v) is 2.21. The summed E-state index contributed by atoms with van der Waals surface area (Å²) >= 11 is 5.81. The Morgan fingerprint density at radius 3 is 2.71 bits per heavy atom. The minimum Gasteiger partial charge on any atom is -0.463 e. The number of carbonyl (C=O) groups excluding carboxylic acids is 2. The summed E-state index contributed by atoms with van der Waals surface area (Å²) in [6.07, 6.45) is 0. The van der Waals surface area contributed by atoms with E-state index in [0.717, 1.165) is 4.68 Å².